The predicted octanol–water partition coefficient (Wildman–Crippen LogP) is 4.24. The van der Waals surface area contributed by atoms with Crippen molar-refractivity contribution in [2.75, 3.05) is 30.0 Å². The zero-order chi connectivity index (χ0) is 24.7. The Balaban J connectivity index is 1.28. The van der Waals surface area contributed by atoms with E-state index in [9.17, 15) is 22.8 Å². The summed E-state index contributed by atoms with van der Waals surface area (Å²) in [5.41, 5.74) is 0.0810. The van der Waals surface area contributed by atoms with Gasteiger partial charge in [0.2, 0.25) is 11.8 Å². The van der Waals surface area contributed by atoms with Gasteiger partial charge in [0.25, 0.3) is 0 Å². The number of anilines is 1. The number of hydrogen-bond donors (Lipinski definition) is 1. The SMILES string of the molecule is O=C1[C@@H]2[C@H](C(=O)N1CCNc1ncc(C(F)(F)F)cc1Cl)[C@@H](/C=C/c1ccccc1)N1CSC[C@H]21. The van der Waals surface area contributed by atoms with Gasteiger partial charge in [-0.2, -0.15) is 13.2 Å². The average molecular weight is 523 g/mol. The second-order valence-corrected chi connectivity index (χ2v) is 10.1. The van der Waals surface area contributed by atoms with Gasteiger partial charge in [-0.1, -0.05) is 54.1 Å². The molecule has 3 saturated heterocycles. The number of thioether (sulfide) groups is 1. The third-order valence-corrected chi connectivity index (χ3v) is 8.04. The topological polar surface area (TPSA) is 65.5 Å². The Morgan fingerprint density at radius 1 is 1.17 bits per heavy atom. The van der Waals surface area contributed by atoms with Crippen molar-refractivity contribution in [3.63, 3.8) is 0 Å². The van der Waals surface area contributed by atoms with Crippen LogP contribution in [0.25, 0.3) is 6.08 Å². The number of carbonyl (C=O) groups is 2. The Kier molecular flexibility index (Phi) is 6.54. The lowest BCUT2D eigenvalue weighted by molar-refractivity contribution is -0.141. The molecule has 3 aliphatic rings. The van der Waals surface area contributed by atoms with Gasteiger partial charge in [0.05, 0.1) is 22.4 Å². The van der Waals surface area contributed by atoms with Crippen molar-refractivity contribution in [3.05, 3.63) is 64.8 Å². The van der Waals surface area contributed by atoms with Gasteiger partial charge in [0.1, 0.15) is 5.82 Å². The number of pyridine rings is 1. The molecule has 1 aromatic heterocycles. The van der Waals surface area contributed by atoms with E-state index in [4.69, 9.17) is 11.6 Å². The van der Waals surface area contributed by atoms with Crippen LogP contribution in [0.1, 0.15) is 11.1 Å². The van der Waals surface area contributed by atoms with Gasteiger partial charge in [-0.3, -0.25) is 19.4 Å². The Hall–Kier alpha value is -2.56. The average Bonchev–Trinajstić information content (AvgIpc) is 3.47. The lowest BCUT2D eigenvalue weighted by atomic mass is 9.89. The predicted molar refractivity (Wildman–Crippen MR) is 129 cm³/mol. The number of alkyl halides is 3. The highest BCUT2D eigenvalue weighted by Crippen LogP contribution is 2.47. The van der Waals surface area contributed by atoms with Crippen LogP contribution in [0.3, 0.4) is 0 Å². The van der Waals surface area contributed by atoms with Crippen LogP contribution in [-0.2, 0) is 15.8 Å². The number of halogens is 4. The molecule has 1 N–H and O–H groups in total. The van der Waals surface area contributed by atoms with Crippen LogP contribution >= 0.6 is 23.4 Å². The fourth-order valence-corrected chi connectivity index (χ4v) is 6.62. The molecule has 0 unspecified atom stereocenters. The maximum Gasteiger partial charge on any atom is 0.417 e. The first-order valence-corrected chi connectivity index (χ1v) is 12.7. The second kappa shape index (κ2) is 9.48. The molecule has 0 saturated carbocycles. The molecule has 0 spiro atoms. The van der Waals surface area contributed by atoms with E-state index in [1.807, 2.05) is 42.5 Å². The number of benzene rings is 1. The van der Waals surface area contributed by atoms with Crippen LogP contribution in [0.5, 0.6) is 0 Å². The molecule has 184 valence electrons. The highest BCUT2D eigenvalue weighted by molar-refractivity contribution is 7.99. The number of amides is 2. The van der Waals surface area contributed by atoms with E-state index in [-0.39, 0.29) is 47.8 Å². The lowest BCUT2D eigenvalue weighted by Gasteiger charge is -2.26. The summed E-state index contributed by atoms with van der Waals surface area (Å²) in [7, 11) is 0. The van der Waals surface area contributed by atoms with E-state index >= 15 is 0 Å². The van der Waals surface area contributed by atoms with Crippen molar-refractivity contribution >= 4 is 47.1 Å². The zero-order valence-electron chi connectivity index (χ0n) is 18.4. The summed E-state index contributed by atoms with van der Waals surface area (Å²) < 4.78 is 38.5. The molecule has 0 aliphatic carbocycles. The number of rotatable bonds is 6. The van der Waals surface area contributed by atoms with Crippen LogP contribution < -0.4 is 5.32 Å². The molecule has 0 radical (unpaired) electrons. The van der Waals surface area contributed by atoms with Crippen molar-refractivity contribution in [1.82, 2.24) is 14.8 Å². The summed E-state index contributed by atoms with van der Waals surface area (Å²) in [6, 6.07) is 10.4. The van der Waals surface area contributed by atoms with Gasteiger partial charge in [0.15, 0.2) is 0 Å². The Morgan fingerprint density at radius 2 is 1.91 bits per heavy atom. The van der Waals surface area contributed by atoms with Gasteiger partial charge < -0.3 is 5.32 Å². The Bertz CT molecular complexity index is 1160. The molecule has 6 nitrogen and oxygen atoms in total. The first kappa shape index (κ1) is 24.1. The van der Waals surface area contributed by atoms with Crippen molar-refractivity contribution < 1.29 is 22.8 Å². The van der Waals surface area contributed by atoms with Crippen LogP contribution in [-0.4, -0.2) is 63.4 Å². The summed E-state index contributed by atoms with van der Waals surface area (Å²) >= 11 is 7.70. The van der Waals surface area contributed by atoms with Crippen LogP contribution in [0.2, 0.25) is 5.02 Å². The summed E-state index contributed by atoms with van der Waals surface area (Å²) in [4.78, 5) is 33.9. The largest absolute Gasteiger partial charge is 0.417 e. The standard InChI is InChI=1S/C24H22ClF3N4O2S/c25-16-10-15(24(26,27)28)11-30-21(16)29-8-9-31-22(33)19-17(7-6-14-4-2-1-3-5-14)32-13-35-12-18(32)20(19)23(31)34/h1-7,10-11,17-20H,8-9,12-13H2,(H,29,30)/b7-6+/t17-,18-,19-,20+/m1/s1. The highest BCUT2D eigenvalue weighted by atomic mass is 35.5. The van der Waals surface area contributed by atoms with Gasteiger partial charge in [-0.25, -0.2) is 4.98 Å². The molecule has 11 heteroatoms. The van der Waals surface area contributed by atoms with Gasteiger partial charge >= 0.3 is 6.18 Å². The smallest absolute Gasteiger partial charge is 0.367 e. The normalized spacial score (nSPS) is 26.6. The Morgan fingerprint density at radius 3 is 2.63 bits per heavy atom. The van der Waals surface area contributed by atoms with Crippen molar-refractivity contribution in [1.29, 1.82) is 0 Å². The number of carbonyl (C=O) groups excluding carboxylic acids is 2. The molecule has 1 aromatic carbocycles. The van der Waals surface area contributed by atoms with E-state index in [0.29, 0.717) is 6.20 Å². The summed E-state index contributed by atoms with van der Waals surface area (Å²) in [6.07, 6.45) is 0.172. The molecule has 3 aliphatic heterocycles. The lowest BCUT2D eigenvalue weighted by Crippen LogP contribution is -2.43. The minimum Gasteiger partial charge on any atom is -0.367 e. The molecule has 2 aromatic rings. The van der Waals surface area contributed by atoms with E-state index < -0.39 is 23.6 Å². The highest BCUT2D eigenvalue weighted by Gasteiger charge is 2.62. The third-order valence-electron chi connectivity index (χ3n) is 6.69. The van der Waals surface area contributed by atoms with Gasteiger partial charge in [-0.05, 0) is 11.6 Å². The summed E-state index contributed by atoms with van der Waals surface area (Å²) in [5, 5.41) is 2.66. The molecule has 0 bridgehead atoms. The molecule has 35 heavy (non-hydrogen) atoms. The molecular formula is C24H22ClF3N4O2S. The summed E-state index contributed by atoms with van der Waals surface area (Å²) in [5.74, 6) is 0.406. The number of likely N-dealkylation sites (tertiary alicyclic amines) is 1. The molecule has 4 heterocycles. The number of aromatic nitrogens is 1. The van der Waals surface area contributed by atoms with Crippen molar-refractivity contribution in [2.24, 2.45) is 11.8 Å². The first-order valence-electron chi connectivity index (χ1n) is 11.1. The van der Waals surface area contributed by atoms with Gasteiger partial charge in [0, 0.05) is 43.0 Å². The number of imide groups is 1. The summed E-state index contributed by atoms with van der Waals surface area (Å²) in [6.45, 7) is 0.210. The van der Waals surface area contributed by atoms with Crippen LogP contribution in [0.4, 0.5) is 19.0 Å². The van der Waals surface area contributed by atoms with E-state index in [1.54, 1.807) is 11.8 Å². The third kappa shape index (κ3) is 4.54. The first-order chi connectivity index (χ1) is 16.8. The molecule has 2 amide bonds. The van der Waals surface area contributed by atoms with Crippen molar-refractivity contribution in [2.45, 2.75) is 18.3 Å². The van der Waals surface area contributed by atoms with Crippen LogP contribution in [0, 0.1) is 11.8 Å². The Labute approximate surface area is 209 Å². The fraction of sp³-hybridized carbons (Fsp3) is 0.375. The minimum absolute atomic E-state index is 0.0101. The van der Waals surface area contributed by atoms with Crippen molar-refractivity contribution in [3.8, 4) is 0 Å². The van der Waals surface area contributed by atoms with E-state index in [2.05, 4.69) is 15.2 Å². The van der Waals surface area contributed by atoms with Crippen LogP contribution in [0.15, 0.2) is 48.7 Å². The molecule has 4 atom stereocenters. The molecule has 5 rings (SSSR count). The number of nitrogens with one attached hydrogen (secondary N) is 1. The van der Waals surface area contributed by atoms with E-state index in [0.717, 1.165) is 23.3 Å². The second-order valence-electron chi connectivity index (χ2n) is 8.70. The number of hydrogen-bond acceptors (Lipinski definition) is 6. The maximum absolute atomic E-state index is 13.4. The molecular weight excluding hydrogens is 501 g/mol. The fourth-order valence-electron chi connectivity index (χ4n) is 5.07. The molecule has 3 fully saturated rings. The maximum atomic E-state index is 13.4. The number of fused-ring (bicyclic) bond motifs is 3. The van der Waals surface area contributed by atoms with Gasteiger partial charge in [-0.15, -0.1) is 11.8 Å². The zero-order valence-corrected chi connectivity index (χ0v) is 20.0. The number of nitrogens with zero attached hydrogens (tertiary/aromatic N) is 3. The monoisotopic (exact) mass is 522 g/mol. The quantitative estimate of drug-likeness (QED) is 0.573. The van der Waals surface area contributed by atoms with E-state index in [1.165, 1.54) is 4.90 Å². The minimum atomic E-state index is -4.54.